The number of hydrogen-bond donors (Lipinski definition) is 1. The van der Waals surface area contributed by atoms with E-state index in [2.05, 4.69) is 15.0 Å². The fourth-order valence-corrected chi connectivity index (χ4v) is 2.91. The van der Waals surface area contributed by atoms with Crippen molar-refractivity contribution in [1.29, 1.82) is 0 Å². The Balaban J connectivity index is 2.13. The fourth-order valence-electron chi connectivity index (χ4n) is 1.86. The Morgan fingerprint density at radius 1 is 1.18 bits per heavy atom. The molecule has 0 saturated carbocycles. The number of hydrogen-bond acceptors (Lipinski definition) is 5. The minimum absolute atomic E-state index is 0.596. The van der Waals surface area contributed by atoms with E-state index >= 15 is 0 Å². The van der Waals surface area contributed by atoms with E-state index in [1.54, 1.807) is 0 Å². The van der Waals surface area contributed by atoms with E-state index in [0.717, 1.165) is 34.2 Å². The summed E-state index contributed by atoms with van der Waals surface area (Å²) < 4.78 is 0. The molecule has 2 aromatic rings. The molecule has 0 bridgehead atoms. The smallest absolute Gasteiger partial charge is 0.180 e. The van der Waals surface area contributed by atoms with Gasteiger partial charge in [0.05, 0.1) is 5.69 Å². The average Bonchev–Trinajstić information content (AvgIpc) is 2.77. The molecule has 0 radical (unpaired) electrons. The summed E-state index contributed by atoms with van der Waals surface area (Å²) in [6.45, 7) is 1.95. The van der Waals surface area contributed by atoms with Crippen LogP contribution >= 0.6 is 11.8 Å². The van der Waals surface area contributed by atoms with Crippen molar-refractivity contribution in [3.05, 3.63) is 35.2 Å². The Labute approximate surface area is 104 Å². The quantitative estimate of drug-likeness (QED) is 0.833. The van der Waals surface area contributed by atoms with E-state index in [9.17, 15) is 0 Å². The SMILES string of the molecule is Cc1cccc(-c2nc(N)c3c(n2)CSC3)n1. The molecule has 0 atom stereocenters. The average molecular weight is 244 g/mol. The van der Waals surface area contributed by atoms with Gasteiger partial charge in [0.15, 0.2) is 5.82 Å². The van der Waals surface area contributed by atoms with Crippen LogP contribution in [0, 0.1) is 6.92 Å². The number of nitrogens with zero attached hydrogens (tertiary/aromatic N) is 3. The van der Waals surface area contributed by atoms with Gasteiger partial charge in [0.2, 0.25) is 0 Å². The number of anilines is 1. The molecule has 3 heterocycles. The summed E-state index contributed by atoms with van der Waals surface area (Å²) in [4.78, 5) is 13.3. The number of aromatic nitrogens is 3. The molecule has 0 saturated heterocycles. The zero-order valence-corrected chi connectivity index (χ0v) is 10.3. The highest BCUT2D eigenvalue weighted by molar-refractivity contribution is 7.98. The zero-order chi connectivity index (χ0) is 11.8. The van der Waals surface area contributed by atoms with Crippen molar-refractivity contribution < 1.29 is 0 Å². The summed E-state index contributed by atoms with van der Waals surface area (Å²) in [5.74, 6) is 3.06. The third-order valence-electron chi connectivity index (χ3n) is 2.73. The van der Waals surface area contributed by atoms with Gasteiger partial charge < -0.3 is 5.73 Å². The first kappa shape index (κ1) is 10.5. The van der Waals surface area contributed by atoms with Crippen LogP contribution in [0.4, 0.5) is 5.82 Å². The molecule has 86 valence electrons. The standard InChI is InChI=1S/C12H12N4S/c1-7-3-2-4-9(14-7)12-15-10-6-17-5-8(10)11(13)16-12/h2-4H,5-6H2,1H3,(H2,13,15,16). The molecule has 0 aliphatic carbocycles. The second-order valence-electron chi connectivity index (χ2n) is 4.01. The Morgan fingerprint density at radius 3 is 2.88 bits per heavy atom. The van der Waals surface area contributed by atoms with Gasteiger partial charge in [-0.05, 0) is 19.1 Å². The van der Waals surface area contributed by atoms with Gasteiger partial charge in [0.1, 0.15) is 11.5 Å². The molecule has 2 N–H and O–H groups in total. The minimum atomic E-state index is 0.596. The molecule has 2 aromatic heterocycles. The summed E-state index contributed by atoms with van der Waals surface area (Å²) in [6.07, 6.45) is 0. The monoisotopic (exact) mass is 244 g/mol. The van der Waals surface area contributed by atoms with Crippen molar-refractivity contribution in [3.63, 3.8) is 0 Å². The number of rotatable bonds is 1. The van der Waals surface area contributed by atoms with Crippen LogP contribution in [0.1, 0.15) is 17.0 Å². The lowest BCUT2D eigenvalue weighted by Gasteiger charge is -2.05. The van der Waals surface area contributed by atoms with Crippen LogP contribution in [-0.2, 0) is 11.5 Å². The molecule has 0 unspecified atom stereocenters. The number of fused-ring (bicyclic) bond motifs is 1. The van der Waals surface area contributed by atoms with Crippen molar-refractivity contribution in [1.82, 2.24) is 15.0 Å². The highest BCUT2D eigenvalue weighted by atomic mass is 32.2. The first-order chi connectivity index (χ1) is 8.24. The molecular formula is C12H12N4S. The summed E-state index contributed by atoms with van der Waals surface area (Å²) in [6, 6.07) is 5.82. The molecule has 17 heavy (non-hydrogen) atoms. The molecule has 3 rings (SSSR count). The van der Waals surface area contributed by atoms with Crippen LogP contribution < -0.4 is 5.73 Å². The van der Waals surface area contributed by atoms with E-state index < -0.39 is 0 Å². The lowest BCUT2D eigenvalue weighted by molar-refractivity contribution is 1.06. The molecule has 0 amide bonds. The van der Waals surface area contributed by atoms with Gasteiger partial charge in [-0.1, -0.05) is 6.07 Å². The van der Waals surface area contributed by atoms with Gasteiger partial charge in [-0.3, -0.25) is 0 Å². The summed E-state index contributed by atoms with van der Waals surface area (Å²) in [7, 11) is 0. The Morgan fingerprint density at radius 2 is 2.06 bits per heavy atom. The predicted molar refractivity (Wildman–Crippen MR) is 69.4 cm³/mol. The molecule has 1 aliphatic rings. The van der Waals surface area contributed by atoms with Crippen LogP contribution in [0.2, 0.25) is 0 Å². The maximum Gasteiger partial charge on any atom is 0.180 e. The molecule has 4 nitrogen and oxygen atoms in total. The number of nitrogens with two attached hydrogens (primary N) is 1. The third kappa shape index (κ3) is 1.86. The van der Waals surface area contributed by atoms with E-state index in [0.29, 0.717) is 11.6 Å². The Hall–Kier alpha value is -1.62. The zero-order valence-electron chi connectivity index (χ0n) is 9.47. The highest BCUT2D eigenvalue weighted by Gasteiger charge is 2.18. The van der Waals surface area contributed by atoms with Gasteiger partial charge >= 0.3 is 0 Å². The largest absolute Gasteiger partial charge is 0.383 e. The van der Waals surface area contributed by atoms with Crippen LogP contribution in [0.3, 0.4) is 0 Å². The van der Waals surface area contributed by atoms with Crippen molar-refractivity contribution >= 4 is 17.6 Å². The predicted octanol–water partition coefficient (Wildman–Crippen LogP) is 2.18. The normalized spacial score (nSPS) is 13.7. The summed E-state index contributed by atoms with van der Waals surface area (Å²) in [5, 5.41) is 0. The van der Waals surface area contributed by atoms with Crippen molar-refractivity contribution in [2.45, 2.75) is 18.4 Å². The van der Waals surface area contributed by atoms with Gasteiger partial charge in [0, 0.05) is 22.8 Å². The van der Waals surface area contributed by atoms with E-state index in [4.69, 9.17) is 5.73 Å². The number of pyridine rings is 1. The molecule has 0 fully saturated rings. The Kier molecular flexibility index (Phi) is 2.48. The first-order valence-electron chi connectivity index (χ1n) is 5.41. The molecule has 0 aromatic carbocycles. The molecule has 5 heteroatoms. The van der Waals surface area contributed by atoms with E-state index in [1.165, 1.54) is 0 Å². The van der Waals surface area contributed by atoms with Gasteiger partial charge in [0.25, 0.3) is 0 Å². The second kappa shape index (κ2) is 4.00. The van der Waals surface area contributed by atoms with Gasteiger partial charge in [-0.2, -0.15) is 11.8 Å². The lowest BCUT2D eigenvalue weighted by Crippen LogP contribution is -2.03. The van der Waals surface area contributed by atoms with E-state index in [1.807, 2.05) is 36.9 Å². The molecular weight excluding hydrogens is 232 g/mol. The third-order valence-corrected chi connectivity index (χ3v) is 3.70. The highest BCUT2D eigenvalue weighted by Crippen LogP contribution is 2.32. The maximum atomic E-state index is 5.96. The number of aryl methyl sites for hydroxylation is 1. The maximum absolute atomic E-state index is 5.96. The van der Waals surface area contributed by atoms with E-state index in [-0.39, 0.29) is 0 Å². The number of thioether (sulfide) groups is 1. The number of nitrogen functional groups attached to an aromatic ring is 1. The topological polar surface area (TPSA) is 64.7 Å². The van der Waals surface area contributed by atoms with Crippen molar-refractivity contribution in [2.75, 3.05) is 5.73 Å². The molecule has 0 spiro atoms. The van der Waals surface area contributed by atoms with Crippen LogP contribution in [0.15, 0.2) is 18.2 Å². The first-order valence-corrected chi connectivity index (χ1v) is 6.56. The van der Waals surface area contributed by atoms with Crippen LogP contribution in [0.25, 0.3) is 11.5 Å². The lowest BCUT2D eigenvalue weighted by atomic mass is 10.2. The second-order valence-corrected chi connectivity index (χ2v) is 5.00. The van der Waals surface area contributed by atoms with Crippen molar-refractivity contribution in [3.8, 4) is 11.5 Å². The molecule has 1 aliphatic heterocycles. The summed E-state index contributed by atoms with van der Waals surface area (Å²) >= 11 is 1.82. The van der Waals surface area contributed by atoms with Crippen molar-refractivity contribution in [2.24, 2.45) is 0 Å². The minimum Gasteiger partial charge on any atom is -0.383 e. The van der Waals surface area contributed by atoms with Gasteiger partial charge in [-0.25, -0.2) is 15.0 Å². The van der Waals surface area contributed by atoms with Crippen LogP contribution in [0.5, 0.6) is 0 Å². The van der Waals surface area contributed by atoms with Crippen LogP contribution in [-0.4, -0.2) is 15.0 Å². The van der Waals surface area contributed by atoms with Gasteiger partial charge in [-0.15, -0.1) is 0 Å². The summed E-state index contributed by atoms with van der Waals surface area (Å²) in [5.41, 5.74) is 9.85. The fraction of sp³-hybridized carbons (Fsp3) is 0.250. The Bertz CT molecular complexity index is 583.